The minimum Gasteiger partial charge on any atom is -0.726 e. The van der Waals surface area contributed by atoms with E-state index in [0.717, 1.165) is 14.2 Å². The summed E-state index contributed by atoms with van der Waals surface area (Å²) in [5.41, 5.74) is 0. The molecule has 116 valence electrons. The van der Waals surface area contributed by atoms with Crippen LogP contribution in [0.4, 0.5) is 0 Å². The average Bonchev–Trinajstić information content (AvgIpc) is 1.87. The highest BCUT2D eigenvalue weighted by Gasteiger charge is 1.79. The van der Waals surface area contributed by atoms with Crippen molar-refractivity contribution in [2.45, 2.75) is 22.3 Å². The molecule has 0 aliphatic heterocycles. The third-order valence-corrected chi connectivity index (χ3v) is 0.612. The monoisotopic (exact) mass is 306 g/mol. The lowest BCUT2D eigenvalue weighted by molar-refractivity contribution is 0.314. The predicted octanol–water partition coefficient (Wildman–Crippen LogP) is -1.21. The molecule has 0 bridgehead atoms. The number of hydrogen-bond donors (Lipinski definition) is 2. The van der Waals surface area contributed by atoms with Gasteiger partial charge >= 0.3 is 0 Å². The third kappa shape index (κ3) is 413. The average molecular weight is 306 g/mol. The van der Waals surface area contributed by atoms with E-state index in [1.807, 2.05) is 0 Å². The third-order valence-electron chi connectivity index (χ3n) is 0.204. The maximum Gasteiger partial charge on any atom is 0.217 e. The van der Waals surface area contributed by atoms with Crippen molar-refractivity contribution in [3.05, 3.63) is 0 Å². The highest BCUT2D eigenvalue weighted by molar-refractivity contribution is 7.80. The second kappa shape index (κ2) is 21.0. The molecule has 0 atom stereocenters. The summed E-state index contributed by atoms with van der Waals surface area (Å²) >= 11 is 0. The Hall–Kier alpha value is -0.340. The molecule has 0 spiro atoms. The van der Waals surface area contributed by atoms with Crippen LogP contribution in [-0.2, 0) is 25.0 Å². The van der Waals surface area contributed by atoms with Gasteiger partial charge in [-0.2, -0.15) is 0 Å². The molecule has 0 saturated carbocycles. The van der Waals surface area contributed by atoms with E-state index in [9.17, 15) is 13.0 Å². The van der Waals surface area contributed by atoms with Crippen LogP contribution in [0.15, 0.2) is 0 Å². The lowest BCUT2D eigenvalue weighted by atomic mass is 11.8. The Morgan fingerprint density at radius 1 is 0.941 bits per heavy atom. The minimum atomic E-state index is -4.92. The van der Waals surface area contributed by atoms with E-state index in [4.69, 9.17) is 22.6 Å². The van der Waals surface area contributed by atoms with E-state index in [1.54, 1.807) is 0 Å². The molecule has 0 fully saturated rings. The quantitative estimate of drug-likeness (QED) is 0.441. The van der Waals surface area contributed by atoms with Gasteiger partial charge in [0.2, 0.25) is 20.8 Å². The van der Waals surface area contributed by atoms with Gasteiger partial charge in [-0.15, -0.1) is 0 Å². The van der Waals surface area contributed by atoms with E-state index in [2.05, 4.69) is 4.18 Å². The van der Waals surface area contributed by atoms with Crippen LogP contribution >= 0.6 is 0 Å². The van der Waals surface area contributed by atoms with Crippen molar-refractivity contribution in [1.82, 2.24) is 0 Å². The first-order chi connectivity index (χ1) is 5.56. The first-order valence-corrected chi connectivity index (χ1v) is 4.90. The molecular weight excluding hydrogens is 284 g/mol. The molecule has 0 heterocycles. The zero-order valence-electron chi connectivity index (χ0n) is 7.07. The Morgan fingerprint density at radius 2 is 1.00 bits per heavy atom. The van der Waals surface area contributed by atoms with Crippen molar-refractivity contribution in [2.24, 2.45) is 0 Å². The van der Waals surface area contributed by atoms with Gasteiger partial charge in [-0.3, -0.25) is 8.74 Å². The van der Waals surface area contributed by atoms with E-state index in [0.29, 0.717) is 0 Å². The second-order valence-corrected chi connectivity index (χ2v) is 3.01. The molecule has 0 radical (unpaired) electrons. The Morgan fingerprint density at radius 3 is 1.00 bits per heavy atom. The fourth-order valence-electron chi connectivity index (χ4n) is 0. The van der Waals surface area contributed by atoms with Gasteiger partial charge in [0.1, 0.15) is 0 Å². The van der Waals surface area contributed by atoms with Crippen LogP contribution < -0.4 is 0 Å². The molecule has 0 saturated heterocycles. The number of aliphatic hydroxyl groups excluding tert-OH is 1. The smallest absolute Gasteiger partial charge is 0.217 e. The van der Waals surface area contributed by atoms with Crippen LogP contribution in [0.1, 0.15) is 22.3 Å². The second-order valence-electron chi connectivity index (χ2n) is 1.00. The molecule has 4 N–H and O–H groups in total. The normalized spacial score (nSPS) is 7.88. The molecule has 10 nitrogen and oxygen atoms in total. The zero-order valence-corrected chi connectivity index (χ0v) is 8.70. The summed E-state index contributed by atoms with van der Waals surface area (Å²) in [4.78, 5) is 0. The van der Waals surface area contributed by atoms with Crippen LogP contribution in [0.25, 0.3) is 0 Å². The maximum atomic E-state index is 9.22. The summed E-state index contributed by atoms with van der Waals surface area (Å²) < 4.78 is 63.9. The van der Waals surface area contributed by atoms with Crippen molar-refractivity contribution >= 4 is 20.8 Å². The summed E-state index contributed by atoms with van der Waals surface area (Å²) in [7, 11) is -7.52. The molecule has 0 aromatic heterocycles. The van der Waals surface area contributed by atoms with Crippen molar-refractivity contribution in [3.8, 4) is 0 Å². The fraction of sp³-hybridized carbons (Fsp3) is 1.00. The van der Waals surface area contributed by atoms with Crippen molar-refractivity contribution in [2.75, 3.05) is 14.2 Å². The highest BCUT2D eigenvalue weighted by atomic mass is 32.3. The van der Waals surface area contributed by atoms with E-state index in [-0.39, 0.29) is 27.8 Å². The molecule has 0 aromatic rings. The van der Waals surface area contributed by atoms with Crippen LogP contribution in [-0.4, -0.2) is 55.3 Å². The minimum absolute atomic E-state index is 0. The molecule has 0 unspecified atom stereocenters. The van der Waals surface area contributed by atoms with Gasteiger partial charge in [0.25, 0.3) is 0 Å². The standard InChI is InChI=1S/CH4O4S.CH4O.3CH4.H2O4S.H2O/c1-5-6(2,3)4;1-2;;;;1-5(2,3)4;/h1H3,(H,2,3,4);2H,1H3;3*1H4;(H2,1,2,3,4);1H2/p-2. The highest BCUT2D eigenvalue weighted by Crippen LogP contribution is 1.74. The fourth-order valence-corrected chi connectivity index (χ4v) is 0. The Labute approximate surface area is 103 Å². The lowest BCUT2D eigenvalue weighted by Crippen LogP contribution is -1.97. The predicted molar refractivity (Wildman–Crippen MR) is 61.0 cm³/mol. The van der Waals surface area contributed by atoms with Gasteiger partial charge in [0, 0.05) is 7.11 Å². The van der Waals surface area contributed by atoms with Crippen molar-refractivity contribution in [1.29, 1.82) is 0 Å². The largest absolute Gasteiger partial charge is 0.726 e. The van der Waals surface area contributed by atoms with Gasteiger partial charge in [0.15, 0.2) is 0 Å². The topological polar surface area (TPSA) is 196 Å². The van der Waals surface area contributed by atoms with Gasteiger partial charge < -0.3 is 19.7 Å². The Balaban J connectivity index is -0.0000000171. The summed E-state index contributed by atoms with van der Waals surface area (Å²) in [5.74, 6) is 0. The van der Waals surface area contributed by atoms with Crippen LogP contribution in [0.3, 0.4) is 0 Å². The van der Waals surface area contributed by atoms with Crippen LogP contribution in [0.5, 0.6) is 0 Å². The zero-order chi connectivity index (χ0) is 11.7. The Bertz CT molecular complexity index is 270. The Kier molecular flexibility index (Phi) is 54.1. The van der Waals surface area contributed by atoms with E-state index >= 15 is 0 Å². The maximum absolute atomic E-state index is 9.22. The number of aliphatic hydroxyl groups is 1. The molecule has 0 amide bonds. The number of hydrogen-bond acceptors (Lipinski definition) is 8. The number of rotatable bonds is 1. The first kappa shape index (κ1) is 43.8. The van der Waals surface area contributed by atoms with Crippen LogP contribution in [0.2, 0.25) is 0 Å². The summed E-state index contributed by atoms with van der Waals surface area (Å²) in [5, 5.41) is 7.00. The lowest BCUT2D eigenvalue weighted by Gasteiger charge is -1.98. The van der Waals surface area contributed by atoms with Gasteiger partial charge in [-0.05, 0) is 0 Å². The van der Waals surface area contributed by atoms with E-state index < -0.39 is 20.8 Å². The van der Waals surface area contributed by atoms with Gasteiger partial charge in [-0.25, -0.2) is 16.8 Å². The summed E-state index contributed by atoms with van der Waals surface area (Å²) in [6.45, 7) is 0. The molecule has 0 aromatic carbocycles. The first-order valence-electron chi connectivity index (χ1n) is 2.20. The van der Waals surface area contributed by atoms with Gasteiger partial charge in [-0.1, -0.05) is 22.3 Å². The van der Waals surface area contributed by atoms with Crippen LogP contribution in [0, 0.1) is 0 Å². The molecule has 12 heteroatoms. The molecule has 0 aliphatic rings. The molecule has 0 rings (SSSR count). The molecular formula is C5H22O10S2-2. The SMILES string of the molecule is C.C.C.CO.COS(=O)(=O)[O-].O.O=S(=O)([O-])O. The van der Waals surface area contributed by atoms with Crippen molar-refractivity contribution in [3.63, 3.8) is 0 Å². The summed E-state index contributed by atoms with van der Waals surface area (Å²) in [6.07, 6.45) is 0. The van der Waals surface area contributed by atoms with Gasteiger partial charge in [0.05, 0.1) is 7.11 Å². The van der Waals surface area contributed by atoms with Crippen molar-refractivity contribution < 1.29 is 45.3 Å². The summed E-state index contributed by atoms with van der Waals surface area (Å²) in [6, 6.07) is 0. The van der Waals surface area contributed by atoms with E-state index in [1.165, 1.54) is 0 Å². The molecule has 17 heavy (non-hydrogen) atoms. The molecule has 0 aliphatic carbocycles.